The number of hydrogen-bond donors (Lipinski definition) is 0. The van der Waals surface area contributed by atoms with Gasteiger partial charge in [-0.25, -0.2) is 0 Å². The van der Waals surface area contributed by atoms with Gasteiger partial charge in [-0.3, -0.25) is 0 Å². The zero-order valence-corrected chi connectivity index (χ0v) is 8.44. The summed E-state index contributed by atoms with van der Waals surface area (Å²) in [6.07, 6.45) is 4.88. The summed E-state index contributed by atoms with van der Waals surface area (Å²) in [5.41, 5.74) is 1.17. The summed E-state index contributed by atoms with van der Waals surface area (Å²) in [5, 5.41) is 0. The molecule has 1 fully saturated rings. The smallest absolute Gasteiger partial charge is 0.118 e. The number of benzene rings is 1. The van der Waals surface area contributed by atoms with E-state index in [4.69, 9.17) is 9.47 Å². The molecule has 74 valence electrons. The monoisotopic (exact) mass is 190 g/mol. The number of hydrogen-bond acceptors (Lipinski definition) is 2. The molecule has 0 aromatic heterocycles. The Balaban J connectivity index is 1.99. The summed E-state index contributed by atoms with van der Waals surface area (Å²) in [6, 6.07) is 7.97. The van der Waals surface area contributed by atoms with Crippen molar-refractivity contribution in [2.45, 2.75) is 19.1 Å². The summed E-state index contributed by atoms with van der Waals surface area (Å²) in [7, 11) is 1.67. The summed E-state index contributed by atoms with van der Waals surface area (Å²) in [6.45, 7) is 2.07. The fraction of sp³-hybridized carbons (Fsp3) is 0.333. The second-order valence-electron chi connectivity index (χ2n) is 3.44. The fourth-order valence-electron chi connectivity index (χ4n) is 1.33. The number of methoxy groups -OCH3 is 1. The lowest BCUT2D eigenvalue weighted by atomic mass is 10.2. The van der Waals surface area contributed by atoms with Gasteiger partial charge in [-0.15, -0.1) is 0 Å². The second kappa shape index (κ2) is 3.84. The lowest BCUT2D eigenvalue weighted by Crippen LogP contribution is -1.83. The first-order chi connectivity index (χ1) is 6.79. The molecule has 1 aliphatic heterocycles. The highest BCUT2D eigenvalue weighted by Gasteiger charge is 2.30. The van der Waals surface area contributed by atoms with Crippen molar-refractivity contribution in [2.75, 3.05) is 7.11 Å². The average Bonchev–Trinajstić information content (AvgIpc) is 2.92. The van der Waals surface area contributed by atoms with Crippen LogP contribution in [0.5, 0.6) is 5.75 Å². The van der Waals surface area contributed by atoms with Gasteiger partial charge in [0.05, 0.1) is 13.2 Å². The van der Waals surface area contributed by atoms with Crippen LogP contribution in [0.4, 0.5) is 0 Å². The van der Waals surface area contributed by atoms with Crippen LogP contribution in [-0.2, 0) is 4.74 Å². The van der Waals surface area contributed by atoms with Crippen LogP contribution in [0.25, 0.3) is 6.08 Å². The van der Waals surface area contributed by atoms with Crippen molar-refractivity contribution in [3.05, 3.63) is 35.9 Å². The van der Waals surface area contributed by atoms with Crippen molar-refractivity contribution in [2.24, 2.45) is 0 Å². The van der Waals surface area contributed by atoms with E-state index in [9.17, 15) is 0 Å². The minimum Gasteiger partial charge on any atom is -0.497 e. The molecular formula is C12H14O2. The van der Waals surface area contributed by atoms with E-state index in [0.717, 1.165) is 5.75 Å². The Labute approximate surface area is 84.2 Å². The molecule has 0 amide bonds. The van der Waals surface area contributed by atoms with Gasteiger partial charge in [0.2, 0.25) is 0 Å². The Morgan fingerprint density at radius 2 is 1.93 bits per heavy atom. The van der Waals surface area contributed by atoms with Crippen molar-refractivity contribution < 1.29 is 9.47 Å². The lowest BCUT2D eigenvalue weighted by molar-refractivity contribution is 0.400. The van der Waals surface area contributed by atoms with E-state index in [0.29, 0.717) is 12.2 Å². The van der Waals surface area contributed by atoms with Crippen LogP contribution >= 0.6 is 0 Å². The zero-order chi connectivity index (χ0) is 9.97. The van der Waals surface area contributed by atoms with Crippen LogP contribution in [0.15, 0.2) is 30.3 Å². The van der Waals surface area contributed by atoms with Gasteiger partial charge in [0.15, 0.2) is 0 Å². The maximum absolute atomic E-state index is 5.27. The Kier molecular flexibility index (Phi) is 2.55. The molecule has 1 aromatic rings. The van der Waals surface area contributed by atoms with E-state index in [2.05, 4.69) is 19.1 Å². The molecule has 0 N–H and O–H groups in total. The molecule has 0 spiro atoms. The van der Waals surface area contributed by atoms with Crippen molar-refractivity contribution in [1.82, 2.24) is 0 Å². The van der Waals surface area contributed by atoms with Crippen molar-refractivity contribution in [3.8, 4) is 5.75 Å². The number of rotatable bonds is 3. The van der Waals surface area contributed by atoms with Crippen LogP contribution in [0, 0.1) is 0 Å². The Hall–Kier alpha value is -1.28. The maximum atomic E-state index is 5.27. The molecular weight excluding hydrogens is 176 g/mol. The molecule has 1 aromatic carbocycles. The van der Waals surface area contributed by atoms with Crippen LogP contribution in [0.3, 0.4) is 0 Å². The standard InChI is InChI=1S/C12H14O2/c1-9-12(14-9)8-5-10-3-6-11(13-2)7-4-10/h3-9,12H,1-2H3/b8-5+. The Bertz CT molecular complexity index is 327. The largest absolute Gasteiger partial charge is 0.497 e. The van der Waals surface area contributed by atoms with Crippen LogP contribution < -0.4 is 4.74 Å². The van der Waals surface area contributed by atoms with E-state index in [-0.39, 0.29) is 0 Å². The first kappa shape index (κ1) is 9.28. The SMILES string of the molecule is COc1ccc(/C=C/C2OC2C)cc1. The van der Waals surface area contributed by atoms with E-state index >= 15 is 0 Å². The molecule has 0 radical (unpaired) electrons. The van der Waals surface area contributed by atoms with Gasteiger partial charge in [-0.05, 0) is 24.6 Å². The Morgan fingerprint density at radius 3 is 2.43 bits per heavy atom. The normalized spacial score (nSPS) is 25.3. The van der Waals surface area contributed by atoms with Crippen molar-refractivity contribution in [1.29, 1.82) is 0 Å². The van der Waals surface area contributed by atoms with Gasteiger partial charge in [0, 0.05) is 0 Å². The first-order valence-electron chi connectivity index (χ1n) is 4.77. The molecule has 1 aliphatic rings. The highest BCUT2D eigenvalue weighted by molar-refractivity contribution is 5.51. The topological polar surface area (TPSA) is 21.8 Å². The molecule has 2 nitrogen and oxygen atoms in total. The summed E-state index contributed by atoms with van der Waals surface area (Å²) < 4.78 is 10.3. The van der Waals surface area contributed by atoms with Gasteiger partial charge in [0.25, 0.3) is 0 Å². The fourth-order valence-corrected chi connectivity index (χ4v) is 1.33. The molecule has 2 unspecified atom stereocenters. The predicted octanol–water partition coefficient (Wildman–Crippen LogP) is 2.50. The molecule has 0 aliphatic carbocycles. The molecule has 0 bridgehead atoms. The van der Waals surface area contributed by atoms with Gasteiger partial charge >= 0.3 is 0 Å². The third kappa shape index (κ3) is 2.15. The van der Waals surface area contributed by atoms with E-state index in [1.165, 1.54) is 5.56 Å². The maximum Gasteiger partial charge on any atom is 0.118 e. The van der Waals surface area contributed by atoms with Gasteiger partial charge < -0.3 is 9.47 Å². The minimum absolute atomic E-state index is 0.317. The predicted molar refractivity (Wildman–Crippen MR) is 56.4 cm³/mol. The highest BCUT2D eigenvalue weighted by Crippen LogP contribution is 2.23. The summed E-state index contributed by atoms with van der Waals surface area (Å²) >= 11 is 0. The van der Waals surface area contributed by atoms with Gasteiger partial charge in [0.1, 0.15) is 11.9 Å². The van der Waals surface area contributed by atoms with Gasteiger partial charge in [-0.2, -0.15) is 0 Å². The van der Waals surface area contributed by atoms with E-state index in [1.54, 1.807) is 7.11 Å². The van der Waals surface area contributed by atoms with Gasteiger partial charge in [-0.1, -0.05) is 24.3 Å². The molecule has 2 atom stereocenters. The highest BCUT2D eigenvalue weighted by atomic mass is 16.6. The van der Waals surface area contributed by atoms with Crippen LogP contribution in [0.2, 0.25) is 0 Å². The Morgan fingerprint density at radius 1 is 1.29 bits per heavy atom. The minimum atomic E-state index is 0.317. The van der Waals surface area contributed by atoms with Crippen LogP contribution in [-0.4, -0.2) is 19.3 Å². The second-order valence-corrected chi connectivity index (χ2v) is 3.44. The molecule has 1 saturated heterocycles. The van der Waals surface area contributed by atoms with Crippen LogP contribution in [0.1, 0.15) is 12.5 Å². The number of ether oxygens (including phenoxy) is 2. The average molecular weight is 190 g/mol. The molecule has 2 heteroatoms. The summed E-state index contributed by atoms with van der Waals surface area (Å²) in [5.74, 6) is 0.887. The molecule has 1 heterocycles. The number of epoxide rings is 1. The van der Waals surface area contributed by atoms with E-state index < -0.39 is 0 Å². The molecule has 14 heavy (non-hydrogen) atoms. The molecule has 0 saturated carbocycles. The molecule has 2 rings (SSSR count). The zero-order valence-electron chi connectivity index (χ0n) is 8.44. The summed E-state index contributed by atoms with van der Waals surface area (Å²) in [4.78, 5) is 0. The third-order valence-electron chi connectivity index (χ3n) is 2.35. The van der Waals surface area contributed by atoms with Crippen molar-refractivity contribution >= 4 is 6.08 Å². The third-order valence-corrected chi connectivity index (χ3v) is 2.35. The van der Waals surface area contributed by atoms with Crippen molar-refractivity contribution in [3.63, 3.8) is 0 Å². The quantitative estimate of drug-likeness (QED) is 0.683. The van der Waals surface area contributed by atoms with E-state index in [1.807, 2.05) is 24.3 Å². The first-order valence-corrected chi connectivity index (χ1v) is 4.77. The lowest BCUT2D eigenvalue weighted by Gasteiger charge is -1.98.